The van der Waals surface area contributed by atoms with E-state index in [1.165, 1.54) is 58.2 Å². The number of nitrogens with one attached hydrogen (secondary N) is 6. The molecule has 23 nitrogen and oxygen atoms in total. The lowest BCUT2D eigenvalue weighted by atomic mass is 9.94. The topological polar surface area (TPSA) is 363 Å². The summed E-state index contributed by atoms with van der Waals surface area (Å²) in [7, 11) is 2.80. The Bertz CT molecular complexity index is 2460. The minimum atomic E-state index is -1.96. The fourth-order valence-electron chi connectivity index (χ4n) is 7.83. The van der Waals surface area contributed by atoms with E-state index in [0.29, 0.717) is 17.6 Å². The van der Waals surface area contributed by atoms with Gasteiger partial charge >= 0.3 is 11.9 Å². The minimum absolute atomic E-state index is 0.00181. The van der Waals surface area contributed by atoms with Gasteiger partial charge in [0.15, 0.2) is 5.96 Å². The number of aromatic hydroxyl groups is 1. The molecule has 7 amide bonds. The number of allylic oxidation sites excluding steroid dienone is 2. The second kappa shape index (κ2) is 29.6. The van der Waals surface area contributed by atoms with Crippen molar-refractivity contribution in [3.05, 3.63) is 102 Å². The van der Waals surface area contributed by atoms with Crippen LogP contribution in [0, 0.1) is 17.8 Å². The molecule has 1 heterocycles. The lowest BCUT2D eigenvalue weighted by molar-refractivity contribution is -0.146. The summed E-state index contributed by atoms with van der Waals surface area (Å²) >= 11 is 0. The maximum absolute atomic E-state index is 14.4. The van der Waals surface area contributed by atoms with Gasteiger partial charge in [-0.1, -0.05) is 93.6 Å². The Labute approximate surface area is 436 Å². The van der Waals surface area contributed by atoms with Crippen LogP contribution in [0.25, 0.3) is 0 Å². The van der Waals surface area contributed by atoms with Gasteiger partial charge < -0.3 is 68.3 Å². The summed E-state index contributed by atoms with van der Waals surface area (Å²) in [6, 6.07) is 6.06. The summed E-state index contributed by atoms with van der Waals surface area (Å²) in [5, 5.41) is 45.4. The van der Waals surface area contributed by atoms with Crippen molar-refractivity contribution in [1.82, 2.24) is 36.8 Å². The number of phenolic OH excluding ortho intramolecular Hbond substituents is 1. The number of hydrogen-bond acceptors (Lipinski definition) is 12. The molecule has 0 aliphatic carbocycles. The number of aliphatic carboxylic acids is 2. The number of benzene rings is 2. The van der Waals surface area contributed by atoms with Crippen LogP contribution >= 0.6 is 0 Å². The molecule has 0 unspecified atom stereocenters. The van der Waals surface area contributed by atoms with Crippen LogP contribution in [0.2, 0.25) is 0 Å². The number of ether oxygens (including phenoxy) is 1. The predicted molar refractivity (Wildman–Crippen MR) is 277 cm³/mol. The summed E-state index contributed by atoms with van der Waals surface area (Å²) in [5.74, 6) is -13.0. The number of carbonyl (C=O) groups is 9. The number of likely N-dealkylation sites (N-methyl/N-ethyl adjacent to an activating group) is 1. The predicted octanol–water partition coefficient (Wildman–Crippen LogP) is 0.521. The molecule has 0 bridgehead atoms. The van der Waals surface area contributed by atoms with Crippen molar-refractivity contribution in [3.8, 4) is 5.75 Å². The van der Waals surface area contributed by atoms with E-state index in [2.05, 4.69) is 43.5 Å². The van der Waals surface area contributed by atoms with Gasteiger partial charge in [-0.2, -0.15) is 0 Å². The van der Waals surface area contributed by atoms with Crippen molar-refractivity contribution in [2.45, 2.75) is 115 Å². The van der Waals surface area contributed by atoms with Gasteiger partial charge in [0.1, 0.15) is 41.7 Å². The molecule has 0 radical (unpaired) electrons. The van der Waals surface area contributed by atoms with E-state index in [1.54, 1.807) is 20.1 Å². The number of carboxylic acid groups (broad SMARTS) is 2. The molecule has 13 N–H and O–H groups in total. The summed E-state index contributed by atoms with van der Waals surface area (Å²) in [5.41, 5.74) is 12.7. The highest BCUT2D eigenvalue weighted by Crippen LogP contribution is 2.19. The molecule has 1 aliphatic heterocycles. The van der Waals surface area contributed by atoms with Crippen LogP contribution in [-0.2, 0) is 60.7 Å². The molecule has 1 saturated heterocycles. The molecule has 2 aromatic carbocycles. The van der Waals surface area contributed by atoms with Gasteiger partial charge in [-0.15, -0.1) is 0 Å². The Kier molecular flexibility index (Phi) is 24.1. The first-order chi connectivity index (χ1) is 35.3. The zero-order valence-corrected chi connectivity index (χ0v) is 43.3. The number of nitrogens with zero attached hydrogens (tertiary/aromatic N) is 2. The first-order valence-corrected chi connectivity index (χ1v) is 24.3. The monoisotopic (exact) mass is 1040 g/mol. The van der Waals surface area contributed by atoms with E-state index in [1.807, 2.05) is 43.3 Å². The molecule has 1 aliphatic rings. The second-order valence-electron chi connectivity index (χ2n) is 18.5. The van der Waals surface area contributed by atoms with Crippen molar-refractivity contribution in [2.24, 2.45) is 34.2 Å². The highest BCUT2D eigenvalue weighted by atomic mass is 16.5. The molecule has 3 rings (SSSR count). The van der Waals surface area contributed by atoms with Crippen LogP contribution in [0.3, 0.4) is 0 Å². The summed E-state index contributed by atoms with van der Waals surface area (Å²) in [6.45, 7) is 11.3. The maximum Gasteiger partial charge on any atom is 0.327 e. The van der Waals surface area contributed by atoms with Crippen molar-refractivity contribution in [3.63, 3.8) is 0 Å². The number of nitrogens with two attached hydrogens (primary N) is 2. The molecule has 75 heavy (non-hydrogen) atoms. The van der Waals surface area contributed by atoms with Gasteiger partial charge in [-0.3, -0.25) is 38.6 Å². The second-order valence-corrected chi connectivity index (χ2v) is 18.5. The molecule has 2 aromatic rings. The molecule has 0 spiro atoms. The van der Waals surface area contributed by atoms with Crippen LogP contribution in [0.1, 0.15) is 71.4 Å². The number of carbonyl (C=O) groups excluding carboxylic acids is 7. The van der Waals surface area contributed by atoms with Crippen LogP contribution in [0.5, 0.6) is 5.75 Å². The number of rotatable bonds is 15. The zero-order chi connectivity index (χ0) is 56.1. The summed E-state index contributed by atoms with van der Waals surface area (Å²) in [6.07, 6.45) is 4.20. The molecule has 0 aromatic heterocycles. The summed E-state index contributed by atoms with van der Waals surface area (Å²) < 4.78 is 5.82. The minimum Gasteiger partial charge on any atom is -0.508 e. The largest absolute Gasteiger partial charge is 0.508 e. The molecule has 23 heteroatoms. The first-order valence-electron chi connectivity index (χ1n) is 24.3. The third kappa shape index (κ3) is 19.7. The van der Waals surface area contributed by atoms with Crippen LogP contribution in [0.4, 0.5) is 0 Å². The van der Waals surface area contributed by atoms with E-state index in [-0.39, 0.29) is 49.5 Å². The summed E-state index contributed by atoms with van der Waals surface area (Å²) in [4.78, 5) is 127. The van der Waals surface area contributed by atoms with Gasteiger partial charge in [0, 0.05) is 39.5 Å². The number of methoxy groups -OCH3 is 1. The average molecular weight is 1050 g/mol. The Hall–Kier alpha value is -8.08. The lowest BCUT2D eigenvalue weighted by Crippen LogP contribution is -2.59. The van der Waals surface area contributed by atoms with Crippen molar-refractivity contribution in [1.29, 1.82) is 0 Å². The van der Waals surface area contributed by atoms with Crippen LogP contribution in [0.15, 0.2) is 95.7 Å². The number of phenols is 1. The first kappa shape index (κ1) is 61.2. The number of guanidine groups is 1. The molecular formula is C52H72N10O13. The normalized spacial score (nSPS) is 24.5. The third-order valence-corrected chi connectivity index (χ3v) is 12.6. The van der Waals surface area contributed by atoms with Crippen molar-refractivity contribution < 1.29 is 63.2 Å². The maximum atomic E-state index is 14.4. The Morgan fingerprint density at radius 3 is 2.03 bits per heavy atom. The molecule has 408 valence electrons. The van der Waals surface area contributed by atoms with Gasteiger partial charge in [-0.25, -0.2) is 9.59 Å². The highest BCUT2D eigenvalue weighted by Gasteiger charge is 2.37. The fourth-order valence-corrected chi connectivity index (χ4v) is 7.83. The van der Waals surface area contributed by atoms with E-state index in [0.717, 1.165) is 10.5 Å². The smallest absolute Gasteiger partial charge is 0.327 e. The van der Waals surface area contributed by atoms with Crippen molar-refractivity contribution in [2.75, 3.05) is 20.7 Å². The van der Waals surface area contributed by atoms with Gasteiger partial charge in [0.25, 0.3) is 5.91 Å². The molecule has 10 atom stereocenters. The zero-order valence-electron chi connectivity index (χ0n) is 43.3. The number of hydrogen-bond donors (Lipinski definition) is 11. The van der Waals surface area contributed by atoms with Crippen LogP contribution < -0.4 is 43.4 Å². The Balaban J connectivity index is 2.14. The number of carboxylic acids is 2. The van der Waals surface area contributed by atoms with Gasteiger partial charge in [0.05, 0.1) is 24.0 Å². The number of amides is 7. The van der Waals surface area contributed by atoms with E-state index in [4.69, 9.17) is 16.2 Å². The van der Waals surface area contributed by atoms with E-state index >= 15 is 0 Å². The SMILES string of the molecule is C=C1C(=O)N[C@H](C)C(=O)N[C@@H](Cc2ccc(O)cc2)C(=O)N[C@@H](C(=O)O)[C@H](C)C(=O)N[C@@H](CCCN=C(N)N)C(=O)N[C@@H](C=CC(C)=C[C@H](C)[C@H](Cc2ccccc2)OC)[C@H](C)C(=O)N[C@@H](C(=O)O)CCC(=O)N1C. The van der Waals surface area contributed by atoms with Gasteiger partial charge in [-0.05, 0) is 62.8 Å². The Morgan fingerprint density at radius 1 is 0.813 bits per heavy atom. The molecule has 0 saturated carbocycles. The van der Waals surface area contributed by atoms with Gasteiger partial charge in [0.2, 0.25) is 35.4 Å². The van der Waals surface area contributed by atoms with E-state index < -0.39 is 120 Å². The fraction of sp³-hybridized carbons (Fsp3) is 0.462. The molecule has 1 fully saturated rings. The standard InChI is InChI=1S/C52H72N10O13/c1-28(25-29(2)41(75-8)27-34-13-10-9-11-14-34)16-21-37-30(3)44(65)59-39(50(71)72)22-23-42(64)62(7)33(6)47(68)56-32(5)46(67)60-40(26-35-17-19-36(63)20-18-35)49(70)61-43(51(73)74)31(4)45(66)58-38(48(69)57-37)15-12-24-55-52(53)54/h9-11,13-14,16-21,25,29-32,37-41,43,63H,6,12,15,22-24,26-27H2,1-5,7-8H3,(H,56,68)(H,57,69)(H,58,66)(H,59,65)(H,60,67)(H,61,70)(H,71,72)(H,73,74)(H4,53,54,55)/t29-,30-,31-,32+,37-,38-,39+,40-,41-,43+/m0/s1. The van der Waals surface area contributed by atoms with E-state index in [9.17, 15) is 58.5 Å². The average Bonchev–Trinajstić information content (AvgIpc) is 3.36. The lowest BCUT2D eigenvalue weighted by Gasteiger charge is -2.28. The molecular weight excluding hydrogens is 973 g/mol. The Morgan fingerprint density at radius 2 is 1.43 bits per heavy atom. The van der Waals surface area contributed by atoms with Crippen LogP contribution in [-0.4, -0.2) is 143 Å². The quantitative estimate of drug-likeness (QED) is 0.0381. The third-order valence-electron chi connectivity index (χ3n) is 12.6. The highest BCUT2D eigenvalue weighted by molar-refractivity contribution is 6.00. The number of aliphatic imine (C=N–C) groups is 1. The van der Waals surface area contributed by atoms with Crippen molar-refractivity contribution >= 4 is 59.2 Å².